The maximum Gasteiger partial charge on any atom is 0.135 e. The molecule has 0 aliphatic heterocycles. The van der Waals surface area contributed by atoms with E-state index in [1.165, 1.54) is 111 Å². The van der Waals surface area contributed by atoms with Crippen molar-refractivity contribution in [1.82, 2.24) is 4.57 Å². The molecule has 1 aliphatic carbocycles. The molecule has 1 unspecified atom stereocenters. The number of fused-ring (bicyclic) bond motifs is 12. The minimum absolute atomic E-state index is 0.221. The van der Waals surface area contributed by atoms with Gasteiger partial charge in [0.15, 0.2) is 0 Å². The molecule has 21 rings (SSSR count). The molecule has 3 aromatic heterocycles. The number of benzene rings is 17. The van der Waals surface area contributed by atoms with E-state index in [9.17, 15) is 0 Å². The second-order valence-corrected chi connectivity index (χ2v) is 27.9. The Hall–Kier alpha value is -14.3. The lowest BCUT2D eigenvalue weighted by molar-refractivity contribution is 0.668. The Morgan fingerprint density at radius 3 is 1.15 bits per heavy atom. The third kappa shape index (κ3) is 11.5. The highest BCUT2D eigenvalue weighted by Gasteiger charge is 2.30. The number of rotatable bonds is 13. The molecule has 1 aliphatic rings. The molecule has 0 bridgehead atoms. The van der Waals surface area contributed by atoms with Crippen molar-refractivity contribution in [3.8, 4) is 72.4 Å². The van der Waals surface area contributed by atoms with Crippen LogP contribution >= 0.6 is 0 Å². The lowest BCUT2D eigenvalue weighted by atomic mass is 9.88. The highest BCUT2D eigenvalue weighted by Crippen LogP contribution is 2.50. The lowest BCUT2D eigenvalue weighted by Gasteiger charge is -2.26. The zero-order valence-electron chi connectivity index (χ0n) is 59.0. The van der Waals surface area contributed by atoms with Gasteiger partial charge in [-0.1, -0.05) is 267 Å². The summed E-state index contributed by atoms with van der Waals surface area (Å²) in [6.07, 6.45) is 0. The first-order chi connectivity index (χ1) is 53.5. The van der Waals surface area contributed by atoms with Crippen LogP contribution in [-0.2, 0) is 0 Å². The van der Waals surface area contributed by atoms with Gasteiger partial charge >= 0.3 is 0 Å². The van der Waals surface area contributed by atoms with Crippen molar-refractivity contribution >= 4 is 99.8 Å². The molecule has 1 atom stereocenters. The summed E-state index contributed by atoms with van der Waals surface area (Å²) in [7, 11) is 0. The molecular formula is C103H69N3O2. The van der Waals surface area contributed by atoms with Crippen LogP contribution in [-0.4, -0.2) is 4.57 Å². The van der Waals surface area contributed by atoms with Crippen molar-refractivity contribution < 1.29 is 8.83 Å². The number of aromatic nitrogens is 1. The summed E-state index contributed by atoms with van der Waals surface area (Å²) < 4.78 is 14.7. The van der Waals surface area contributed by atoms with Crippen LogP contribution < -0.4 is 9.80 Å². The molecule has 0 saturated heterocycles. The highest BCUT2D eigenvalue weighted by molar-refractivity contribution is 6.11. The fourth-order valence-electron chi connectivity index (χ4n) is 16.4. The Balaban J connectivity index is 0.000000143. The number of anilines is 6. The van der Waals surface area contributed by atoms with E-state index >= 15 is 0 Å². The van der Waals surface area contributed by atoms with Crippen molar-refractivity contribution in [2.24, 2.45) is 0 Å². The van der Waals surface area contributed by atoms with Crippen LogP contribution in [0.3, 0.4) is 0 Å². The fourth-order valence-corrected chi connectivity index (χ4v) is 16.4. The van der Waals surface area contributed by atoms with Crippen molar-refractivity contribution in [1.29, 1.82) is 0 Å². The zero-order chi connectivity index (χ0) is 71.4. The van der Waals surface area contributed by atoms with Gasteiger partial charge < -0.3 is 23.2 Å². The number of hydrogen-bond acceptors (Lipinski definition) is 4. The third-order valence-electron chi connectivity index (χ3n) is 21.5. The monoisotopic (exact) mass is 1380 g/mol. The summed E-state index contributed by atoms with van der Waals surface area (Å²) in [6, 6.07) is 148. The molecule has 0 radical (unpaired) electrons. The standard InChI is InChI=1S/C55H37NO.C48H32N2O/c1-3-12-37(13-4-1)38-22-27-44(28-23-38)56(46-31-33-54-51(36-46)49-19-9-10-21-53(49)57-54)45-29-24-39(25-30-45)41-16-11-17-42(34-41)43-26-32-48-47-18-7-8-20-50(47)55(52(48)35-43)40-14-5-2-6-15-40;1-3-14-37(15-4-1)49(40-27-29-48-44(32-40)42-19-8-10-21-47(42)51-48)39-25-22-33(23-26-39)34-12-11-13-35(30-34)36-24-28-46-43(31-36)41-18-7-9-20-45(41)50(46)38-16-5-2-6-17-38/h1-36,55H;1-32H. The van der Waals surface area contributed by atoms with Gasteiger partial charge in [0.05, 0.1) is 11.0 Å². The first-order valence-corrected chi connectivity index (χ1v) is 37.0. The molecule has 0 N–H and O–H groups in total. The minimum Gasteiger partial charge on any atom is -0.456 e. The number of hydrogen-bond donors (Lipinski definition) is 0. The first kappa shape index (κ1) is 63.4. The second-order valence-electron chi connectivity index (χ2n) is 27.9. The molecule has 3 heterocycles. The van der Waals surface area contributed by atoms with Gasteiger partial charge in [0.25, 0.3) is 0 Å². The van der Waals surface area contributed by atoms with E-state index in [-0.39, 0.29) is 5.92 Å². The predicted octanol–water partition coefficient (Wildman–Crippen LogP) is 28.7. The highest BCUT2D eigenvalue weighted by atomic mass is 16.3. The normalized spacial score (nSPS) is 12.4. The van der Waals surface area contributed by atoms with Crippen LogP contribution in [0.1, 0.15) is 22.6 Å². The van der Waals surface area contributed by atoms with Crippen molar-refractivity contribution in [2.75, 3.05) is 9.80 Å². The van der Waals surface area contributed by atoms with Crippen LogP contribution in [0.5, 0.6) is 0 Å². The largest absolute Gasteiger partial charge is 0.456 e. The molecule has 5 nitrogen and oxygen atoms in total. The number of furan rings is 2. The Morgan fingerprint density at radius 1 is 0.204 bits per heavy atom. The maximum atomic E-state index is 6.21. The Morgan fingerprint density at radius 2 is 0.574 bits per heavy atom. The summed E-state index contributed by atoms with van der Waals surface area (Å²) in [4.78, 5) is 4.64. The minimum atomic E-state index is 0.221. The van der Waals surface area contributed by atoms with Gasteiger partial charge in [-0.25, -0.2) is 0 Å². The van der Waals surface area contributed by atoms with Crippen LogP contribution in [0, 0.1) is 0 Å². The summed E-state index contributed by atoms with van der Waals surface area (Å²) in [5.41, 5.74) is 32.4. The van der Waals surface area contributed by atoms with Gasteiger partial charge in [-0.05, 0) is 229 Å². The SMILES string of the molecule is c1ccc(-c2ccc(N(c3ccc(-c4cccc(-c5ccc6c(c5)C(c5ccccc5)c5ccccc5-6)c4)cc3)c3ccc4oc5ccccc5c4c3)cc2)cc1.c1ccc(N(c2ccc(-c3cccc(-c4ccc5c(c4)c4ccccc4n5-c4ccccc4)c3)cc2)c2ccc3oc4ccccc4c3c2)cc1. The quantitative estimate of drug-likeness (QED) is 0.115. The van der Waals surface area contributed by atoms with E-state index in [1.54, 1.807) is 0 Å². The van der Waals surface area contributed by atoms with Gasteiger partial charge in [0, 0.05) is 78.0 Å². The molecule has 508 valence electrons. The summed E-state index contributed by atoms with van der Waals surface area (Å²) in [5, 5.41) is 6.97. The molecule has 20 aromatic rings. The zero-order valence-corrected chi connectivity index (χ0v) is 59.0. The van der Waals surface area contributed by atoms with Gasteiger partial charge in [-0.3, -0.25) is 0 Å². The van der Waals surface area contributed by atoms with Gasteiger partial charge in [-0.2, -0.15) is 0 Å². The van der Waals surface area contributed by atoms with Gasteiger partial charge in [-0.15, -0.1) is 0 Å². The van der Waals surface area contributed by atoms with E-state index in [0.29, 0.717) is 0 Å². The molecule has 0 saturated carbocycles. The number of para-hydroxylation sites is 5. The van der Waals surface area contributed by atoms with Gasteiger partial charge in [0.1, 0.15) is 22.3 Å². The molecule has 0 amide bonds. The van der Waals surface area contributed by atoms with Crippen molar-refractivity contribution in [2.45, 2.75) is 5.92 Å². The molecule has 0 fully saturated rings. The summed E-state index contributed by atoms with van der Waals surface area (Å²) in [6.45, 7) is 0. The Bertz CT molecular complexity index is 6720. The Labute approximate surface area is 626 Å². The van der Waals surface area contributed by atoms with Crippen LogP contribution in [0.2, 0.25) is 0 Å². The lowest BCUT2D eigenvalue weighted by Crippen LogP contribution is -2.09. The summed E-state index contributed by atoms with van der Waals surface area (Å²) in [5.74, 6) is 0.221. The molecule has 5 heteroatoms. The fraction of sp³-hybridized carbons (Fsp3) is 0.00971. The Kier molecular flexibility index (Phi) is 15.9. The van der Waals surface area contributed by atoms with E-state index in [2.05, 4.69) is 403 Å². The van der Waals surface area contributed by atoms with Crippen LogP contribution in [0.4, 0.5) is 34.1 Å². The van der Waals surface area contributed by atoms with Crippen molar-refractivity contribution in [3.05, 3.63) is 429 Å². The van der Waals surface area contributed by atoms with E-state index in [0.717, 1.165) is 78.0 Å². The smallest absolute Gasteiger partial charge is 0.135 e. The van der Waals surface area contributed by atoms with Crippen LogP contribution in [0.15, 0.2) is 421 Å². The third-order valence-corrected chi connectivity index (χ3v) is 21.5. The van der Waals surface area contributed by atoms with Gasteiger partial charge in [0.2, 0.25) is 0 Å². The van der Waals surface area contributed by atoms with E-state index < -0.39 is 0 Å². The van der Waals surface area contributed by atoms with E-state index in [1.807, 2.05) is 24.3 Å². The molecule has 0 spiro atoms. The molecular weight excluding hydrogens is 1310 g/mol. The first-order valence-electron chi connectivity index (χ1n) is 37.0. The van der Waals surface area contributed by atoms with E-state index in [4.69, 9.17) is 8.83 Å². The van der Waals surface area contributed by atoms with Crippen molar-refractivity contribution in [3.63, 3.8) is 0 Å². The second kappa shape index (κ2) is 27.1. The average Bonchev–Trinajstić information content (AvgIpc) is 1.59. The maximum absolute atomic E-state index is 6.21. The average molecular weight is 1380 g/mol. The van der Waals surface area contributed by atoms with Crippen LogP contribution in [0.25, 0.3) is 138 Å². The molecule has 17 aromatic carbocycles. The summed E-state index contributed by atoms with van der Waals surface area (Å²) >= 11 is 0. The topological polar surface area (TPSA) is 37.7 Å². The predicted molar refractivity (Wildman–Crippen MR) is 451 cm³/mol. The number of nitrogens with zero attached hydrogens (tertiary/aromatic N) is 3. The molecule has 108 heavy (non-hydrogen) atoms.